The van der Waals surface area contributed by atoms with Crippen molar-refractivity contribution < 1.29 is 28.6 Å². The summed E-state index contributed by atoms with van der Waals surface area (Å²) in [6.45, 7) is 2.21. The van der Waals surface area contributed by atoms with Crippen molar-refractivity contribution in [2.24, 2.45) is 5.92 Å². The van der Waals surface area contributed by atoms with Crippen LogP contribution < -0.4 is 4.90 Å². The maximum Gasteiger partial charge on any atom is 0.418 e. The number of benzene rings is 2. The van der Waals surface area contributed by atoms with Gasteiger partial charge in [-0.2, -0.15) is 0 Å². The SMILES string of the molecule is COCC(=O)O.Cc1cccc(N(C(=O)OCC2CCCCC2)c2ccc(F)cc2)c1. The highest BCUT2D eigenvalue weighted by molar-refractivity contribution is 5.96. The first kappa shape index (κ1) is 24.3. The number of aliphatic carboxylic acids is 1. The second kappa shape index (κ2) is 12.7. The monoisotopic (exact) mass is 431 g/mol. The quantitative estimate of drug-likeness (QED) is 0.634. The van der Waals surface area contributed by atoms with Gasteiger partial charge in [-0.25, -0.2) is 18.9 Å². The Labute approximate surface area is 182 Å². The van der Waals surface area contributed by atoms with Crippen molar-refractivity contribution >= 4 is 23.4 Å². The fraction of sp³-hybridized carbons (Fsp3) is 0.417. The van der Waals surface area contributed by atoms with Gasteiger partial charge in [0.15, 0.2) is 0 Å². The first-order valence-corrected chi connectivity index (χ1v) is 10.4. The molecule has 6 nitrogen and oxygen atoms in total. The minimum atomic E-state index is -0.933. The Balaban J connectivity index is 0.000000501. The summed E-state index contributed by atoms with van der Waals surface area (Å²) in [6, 6.07) is 13.6. The summed E-state index contributed by atoms with van der Waals surface area (Å²) in [5.41, 5.74) is 2.37. The van der Waals surface area contributed by atoms with Gasteiger partial charge in [-0.1, -0.05) is 31.4 Å². The van der Waals surface area contributed by atoms with E-state index in [-0.39, 0.29) is 12.4 Å². The molecule has 0 radical (unpaired) electrons. The lowest BCUT2D eigenvalue weighted by Gasteiger charge is -2.25. The number of carboxylic acids is 1. The molecule has 1 N–H and O–H groups in total. The Morgan fingerprint density at radius 1 is 1.06 bits per heavy atom. The largest absolute Gasteiger partial charge is 0.480 e. The third kappa shape index (κ3) is 8.38. The molecular weight excluding hydrogens is 401 g/mol. The second-order valence-corrected chi connectivity index (χ2v) is 7.56. The van der Waals surface area contributed by atoms with Crippen LogP contribution in [0.3, 0.4) is 0 Å². The Kier molecular flexibility index (Phi) is 9.97. The lowest BCUT2D eigenvalue weighted by atomic mass is 9.90. The smallest absolute Gasteiger partial charge is 0.418 e. The highest BCUT2D eigenvalue weighted by Gasteiger charge is 2.22. The minimum absolute atomic E-state index is 0.208. The third-order valence-corrected chi connectivity index (χ3v) is 4.96. The van der Waals surface area contributed by atoms with Gasteiger partial charge < -0.3 is 14.6 Å². The van der Waals surface area contributed by atoms with Gasteiger partial charge in [-0.3, -0.25) is 0 Å². The normalized spacial score (nSPS) is 13.6. The first-order chi connectivity index (χ1) is 14.9. The Morgan fingerprint density at radius 3 is 2.29 bits per heavy atom. The van der Waals surface area contributed by atoms with Crippen LogP contribution in [-0.4, -0.2) is 37.5 Å². The van der Waals surface area contributed by atoms with Crippen molar-refractivity contribution in [2.45, 2.75) is 39.0 Å². The molecule has 7 heteroatoms. The molecule has 168 valence electrons. The topological polar surface area (TPSA) is 76.1 Å². The van der Waals surface area contributed by atoms with Crippen LogP contribution in [0.2, 0.25) is 0 Å². The average Bonchev–Trinajstić information content (AvgIpc) is 2.75. The maximum absolute atomic E-state index is 13.3. The van der Waals surface area contributed by atoms with Gasteiger partial charge in [-0.05, 0) is 67.6 Å². The third-order valence-electron chi connectivity index (χ3n) is 4.96. The zero-order valence-electron chi connectivity index (χ0n) is 18.1. The summed E-state index contributed by atoms with van der Waals surface area (Å²) in [4.78, 5) is 23.8. The van der Waals surface area contributed by atoms with Crippen molar-refractivity contribution in [1.82, 2.24) is 0 Å². The zero-order chi connectivity index (χ0) is 22.6. The molecule has 2 aromatic carbocycles. The van der Waals surface area contributed by atoms with E-state index in [1.165, 1.54) is 43.4 Å². The van der Waals surface area contributed by atoms with Gasteiger partial charge in [0.25, 0.3) is 0 Å². The number of ether oxygens (including phenoxy) is 2. The molecule has 1 fully saturated rings. The number of carboxylic acid groups (broad SMARTS) is 1. The molecule has 0 bridgehead atoms. The predicted octanol–water partition coefficient (Wildman–Crippen LogP) is 5.71. The fourth-order valence-corrected chi connectivity index (χ4v) is 3.45. The summed E-state index contributed by atoms with van der Waals surface area (Å²) in [5, 5.41) is 7.79. The minimum Gasteiger partial charge on any atom is -0.480 e. The van der Waals surface area contributed by atoms with Crippen LogP contribution in [0.4, 0.5) is 20.6 Å². The van der Waals surface area contributed by atoms with Gasteiger partial charge >= 0.3 is 12.1 Å². The van der Waals surface area contributed by atoms with Crippen molar-refractivity contribution in [2.75, 3.05) is 25.2 Å². The van der Waals surface area contributed by atoms with Crippen LogP contribution in [0.1, 0.15) is 37.7 Å². The lowest BCUT2D eigenvalue weighted by Crippen LogP contribution is -2.29. The van der Waals surface area contributed by atoms with Crippen molar-refractivity contribution in [3.8, 4) is 0 Å². The van der Waals surface area contributed by atoms with E-state index >= 15 is 0 Å². The second-order valence-electron chi connectivity index (χ2n) is 7.56. The van der Waals surface area contributed by atoms with E-state index in [9.17, 15) is 14.0 Å². The summed E-state index contributed by atoms with van der Waals surface area (Å²) >= 11 is 0. The molecule has 0 heterocycles. The predicted molar refractivity (Wildman–Crippen MR) is 117 cm³/mol. The van der Waals surface area contributed by atoms with Crippen LogP contribution >= 0.6 is 0 Å². The van der Waals surface area contributed by atoms with Gasteiger partial charge in [-0.15, -0.1) is 0 Å². The van der Waals surface area contributed by atoms with Gasteiger partial charge in [0, 0.05) is 7.11 Å². The summed E-state index contributed by atoms with van der Waals surface area (Å²) in [7, 11) is 1.34. The molecule has 1 saturated carbocycles. The molecule has 3 rings (SSSR count). The molecule has 2 aromatic rings. The molecular formula is C24H30FNO5. The number of carbonyl (C=O) groups excluding carboxylic acids is 1. The van der Waals surface area contributed by atoms with Gasteiger partial charge in [0.05, 0.1) is 18.0 Å². The van der Waals surface area contributed by atoms with E-state index in [4.69, 9.17) is 9.84 Å². The number of methoxy groups -OCH3 is 1. The molecule has 0 aromatic heterocycles. The highest BCUT2D eigenvalue weighted by atomic mass is 19.1. The van der Waals surface area contributed by atoms with E-state index in [0.717, 1.165) is 24.1 Å². The number of aryl methyl sites for hydroxylation is 1. The number of nitrogens with zero attached hydrogens (tertiary/aromatic N) is 1. The highest BCUT2D eigenvalue weighted by Crippen LogP contribution is 2.29. The van der Waals surface area contributed by atoms with Gasteiger partial charge in [0.2, 0.25) is 0 Å². The van der Waals surface area contributed by atoms with E-state index < -0.39 is 12.1 Å². The van der Waals surface area contributed by atoms with Crippen LogP contribution in [0.5, 0.6) is 0 Å². The van der Waals surface area contributed by atoms with E-state index in [1.54, 1.807) is 12.1 Å². The van der Waals surface area contributed by atoms with Crippen LogP contribution in [-0.2, 0) is 14.3 Å². The molecule has 0 saturated heterocycles. The van der Waals surface area contributed by atoms with E-state index in [1.807, 2.05) is 31.2 Å². The molecule has 31 heavy (non-hydrogen) atoms. The summed E-state index contributed by atoms with van der Waals surface area (Å²) in [6.07, 6.45) is 5.52. The number of amides is 1. The fourth-order valence-electron chi connectivity index (χ4n) is 3.45. The van der Waals surface area contributed by atoms with Gasteiger partial charge in [0.1, 0.15) is 12.4 Å². The Bertz CT molecular complexity index is 834. The van der Waals surface area contributed by atoms with E-state index in [0.29, 0.717) is 18.2 Å². The number of rotatable bonds is 6. The van der Waals surface area contributed by atoms with Crippen LogP contribution in [0, 0.1) is 18.7 Å². The standard InChI is InChI=1S/C21H24FNO2.C3H6O3/c1-16-6-5-9-20(14-16)23(19-12-10-18(22)11-13-19)21(24)25-15-17-7-3-2-4-8-17;1-6-2-3(4)5/h5-6,9-14,17H,2-4,7-8,15H2,1H3;2H2,1H3,(H,4,5). The molecule has 0 spiro atoms. The molecule has 1 aliphatic rings. The number of carbonyl (C=O) groups is 2. The number of hydrogen-bond acceptors (Lipinski definition) is 4. The number of anilines is 2. The molecule has 0 unspecified atom stereocenters. The molecule has 1 amide bonds. The molecule has 0 atom stereocenters. The van der Waals surface area contributed by atoms with Crippen molar-refractivity contribution in [1.29, 1.82) is 0 Å². The van der Waals surface area contributed by atoms with Crippen molar-refractivity contribution in [3.05, 3.63) is 59.9 Å². The Morgan fingerprint density at radius 2 is 1.74 bits per heavy atom. The maximum atomic E-state index is 13.3. The summed E-state index contributed by atoms with van der Waals surface area (Å²) < 4.78 is 23.1. The van der Waals surface area contributed by atoms with Crippen LogP contribution in [0.15, 0.2) is 48.5 Å². The number of hydrogen-bond donors (Lipinski definition) is 1. The molecule has 0 aliphatic heterocycles. The Hall–Kier alpha value is -2.93. The lowest BCUT2D eigenvalue weighted by molar-refractivity contribution is -0.141. The van der Waals surface area contributed by atoms with Crippen LogP contribution in [0.25, 0.3) is 0 Å². The molecule has 1 aliphatic carbocycles. The number of halogens is 1. The zero-order valence-corrected chi connectivity index (χ0v) is 18.1. The summed E-state index contributed by atoms with van der Waals surface area (Å²) in [5.74, 6) is -0.814. The average molecular weight is 432 g/mol. The van der Waals surface area contributed by atoms with E-state index in [2.05, 4.69) is 4.74 Å². The first-order valence-electron chi connectivity index (χ1n) is 10.4. The van der Waals surface area contributed by atoms with Crippen molar-refractivity contribution in [3.63, 3.8) is 0 Å².